The van der Waals surface area contributed by atoms with E-state index in [1.165, 1.54) is 37.8 Å². The molecular weight excluding hydrogens is 269 g/mol. The molecule has 0 unspecified atom stereocenters. The predicted molar refractivity (Wildman–Crippen MR) is 78.5 cm³/mol. The first-order valence-electron chi connectivity index (χ1n) is 7.90. The van der Waals surface area contributed by atoms with E-state index in [0.29, 0.717) is 24.8 Å². The van der Waals surface area contributed by atoms with E-state index in [2.05, 4.69) is 5.32 Å². The lowest BCUT2D eigenvalue weighted by atomic mass is 9.91. The van der Waals surface area contributed by atoms with Crippen LogP contribution in [0.2, 0.25) is 0 Å². The molecule has 0 aliphatic heterocycles. The van der Waals surface area contributed by atoms with Crippen molar-refractivity contribution in [1.82, 2.24) is 5.32 Å². The Kier molecular flexibility index (Phi) is 4.42. The Balaban J connectivity index is 1.39. The third-order valence-electron chi connectivity index (χ3n) is 4.90. The normalized spacial score (nSPS) is 27.4. The molecular formula is C17H22FNO2. The molecule has 3 rings (SSSR count). The summed E-state index contributed by atoms with van der Waals surface area (Å²) in [5.74, 6) is 2.15. The molecule has 2 aliphatic carbocycles. The van der Waals surface area contributed by atoms with Crippen molar-refractivity contribution in [3.05, 3.63) is 30.1 Å². The minimum absolute atomic E-state index is 0.187. The number of nitrogens with one attached hydrogen (secondary N) is 1. The molecule has 1 amide bonds. The molecule has 0 bridgehead atoms. The first kappa shape index (κ1) is 14.4. The lowest BCUT2D eigenvalue weighted by Gasteiger charge is -2.18. The van der Waals surface area contributed by atoms with Crippen molar-refractivity contribution >= 4 is 5.91 Å². The molecule has 0 heterocycles. The largest absolute Gasteiger partial charge is 0.492 e. The van der Waals surface area contributed by atoms with Crippen LogP contribution in [0, 0.1) is 23.6 Å². The molecule has 0 saturated heterocycles. The second-order valence-corrected chi connectivity index (χ2v) is 6.13. The van der Waals surface area contributed by atoms with Crippen molar-refractivity contribution in [2.24, 2.45) is 17.8 Å². The van der Waals surface area contributed by atoms with Gasteiger partial charge in [-0.05, 0) is 55.4 Å². The summed E-state index contributed by atoms with van der Waals surface area (Å²) < 4.78 is 18.2. The molecule has 3 atom stereocenters. The number of benzene rings is 1. The molecule has 0 radical (unpaired) electrons. The van der Waals surface area contributed by atoms with Crippen LogP contribution >= 0.6 is 0 Å². The Hall–Kier alpha value is -1.58. The van der Waals surface area contributed by atoms with Gasteiger partial charge in [-0.25, -0.2) is 4.39 Å². The smallest absolute Gasteiger partial charge is 0.223 e. The van der Waals surface area contributed by atoms with Gasteiger partial charge in [-0.2, -0.15) is 0 Å². The number of hydrogen-bond acceptors (Lipinski definition) is 2. The fourth-order valence-electron chi connectivity index (χ4n) is 3.89. The first-order chi connectivity index (χ1) is 10.2. The van der Waals surface area contributed by atoms with Crippen molar-refractivity contribution in [2.45, 2.75) is 32.1 Å². The molecule has 21 heavy (non-hydrogen) atoms. The maximum Gasteiger partial charge on any atom is 0.223 e. The molecule has 2 aliphatic rings. The quantitative estimate of drug-likeness (QED) is 0.846. The molecule has 4 heteroatoms. The van der Waals surface area contributed by atoms with Gasteiger partial charge in [0, 0.05) is 5.92 Å². The Bertz CT molecular complexity index is 488. The molecule has 1 N–H and O–H groups in total. The van der Waals surface area contributed by atoms with Gasteiger partial charge in [-0.3, -0.25) is 4.79 Å². The van der Waals surface area contributed by atoms with E-state index in [0.717, 1.165) is 12.3 Å². The number of ether oxygens (including phenoxy) is 1. The highest BCUT2D eigenvalue weighted by Crippen LogP contribution is 2.47. The van der Waals surface area contributed by atoms with E-state index in [1.54, 1.807) is 12.1 Å². The number of carbonyl (C=O) groups is 1. The van der Waals surface area contributed by atoms with Crippen LogP contribution in [-0.2, 0) is 4.79 Å². The van der Waals surface area contributed by atoms with E-state index in [1.807, 2.05) is 0 Å². The predicted octanol–water partition coefficient (Wildman–Crippen LogP) is 3.15. The number of hydrogen-bond donors (Lipinski definition) is 1. The van der Waals surface area contributed by atoms with Crippen molar-refractivity contribution in [3.8, 4) is 5.75 Å². The molecule has 114 valence electrons. The van der Waals surface area contributed by atoms with E-state index in [-0.39, 0.29) is 17.6 Å². The Labute approximate surface area is 124 Å². The Morgan fingerprint density at radius 1 is 1.19 bits per heavy atom. The highest BCUT2D eigenvalue weighted by molar-refractivity contribution is 5.79. The number of fused-ring (bicyclic) bond motifs is 1. The summed E-state index contributed by atoms with van der Waals surface area (Å²) in [5, 5.41) is 2.98. The van der Waals surface area contributed by atoms with Crippen molar-refractivity contribution < 1.29 is 13.9 Å². The molecule has 1 aromatic rings. The Morgan fingerprint density at radius 3 is 2.81 bits per heavy atom. The van der Waals surface area contributed by atoms with Gasteiger partial charge in [0.2, 0.25) is 5.91 Å². The van der Waals surface area contributed by atoms with Crippen LogP contribution in [0.1, 0.15) is 32.1 Å². The zero-order chi connectivity index (χ0) is 14.7. The summed E-state index contributed by atoms with van der Waals surface area (Å²) >= 11 is 0. The summed E-state index contributed by atoms with van der Waals surface area (Å²) in [6.07, 6.45) is 6.07. The number of halogens is 1. The summed E-state index contributed by atoms with van der Waals surface area (Å²) in [4.78, 5) is 12.2. The summed E-state index contributed by atoms with van der Waals surface area (Å²) in [5.41, 5.74) is 0. The monoisotopic (exact) mass is 291 g/mol. The molecule has 3 nitrogen and oxygen atoms in total. The maximum atomic E-state index is 12.7. The van der Waals surface area contributed by atoms with Crippen LogP contribution < -0.4 is 10.1 Å². The zero-order valence-electron chi connectivity index (χ0n) is 12.2. The average Bonchev–Trinajstić information content (AvgIpc) is 3.08. The average molecular weight is 291 g/mol. The highest BCUT2D eigenvalue weighted by atomic mass is 19.1. The lowest BCUT2D eigenvalue weighted by Crippen LogP contribution is -2.35. The van der Waals surface area contributed by atoms with E-state index < -0.39 is 0 Å². The number of rotatable bonds is 5. The van der Waals surface area contributed by atoms with Crippen molar-refractivity contribution in [2.75, 3.05) is 13.2 Å². The van der Waals surface area contributed by atoms with Crippen LogP contribution in [0.15, 0.2) is 24.3 Å². The summed E-state index contributed by atoms with van der Waals surface area (Å²) in [6.45, 7) is 0.919. The standard InChI is InChI=1S/C17H22FNO2/c18-13-5-7-14(8-6-13)21-11-10-19-17(20)16-9-4-12-2-1-3-15(12)16/h5-8,12,15-16H,1-4,9-11H2,(H,19,20)/t12-,15-,16-/m0/s1. The van der Waals surface area contributed by atoms with Crippen molar-refractivity contribution in [1.29, 1.82) is 0 Å². The lowest BCUT2D eigenvalue weighted by molar-refractivity contribution is -0.126. The van der Waals surface area contributed by atoms with Gasteiger partial charge in [-0.15, -0.1) is 0 Å². The van der Waals surface area contributed by atoms with Gasteiger partial charge >= 0.3 is 0 Å². The minimum Gasteiger partial charge on any atom is -0.492 e. The maximum absolute atomic E-state index is 12.7. The SMILES string of the molecule is O=C(NCCOc1ccc(F)cc1)[C@H]1CC[C@@H]2CCC[C@@H]21. The van der Waals surface area contributed by atoms with Gasteiger partial charge in [0.25, 0.3) is 0 Å². The van der Waals surface area contributed by atoms with Crippen LogP contribution in [0.3, 0.4) is 0 Å². The zero-order valence-corrected chi connectivity index (χ0v) is 12.2. The van der Waals surface area contributed by atoms with Gasteiger partial charge in [0.05, 0.1) is 6.54 Å². The highest BCUT2D eigenvalue weighted by Gasteiger charge is 2.42. The molecule has 2 saturated carbocycles. The Morgan fingerprint density at radius 2 is 2.00 bits per heavy atom. The minimum atomic E-state index is -0.275. The summed E-state index contributed by atoms with van der Waals surface area (Å²) in [6, 6.07) is 5.92. The van der Waals surface area contributed by atoms with Gasteiger partial charge < -0.3 is 10.1 Å². The van der Waals surface area contributed by atoms with Crippen LogP contribution in [-0.4, -0.2) is 19.1 Å². The van der Waals surface area contributed by atoms with Crippen LogP contribution in [0.5, 0.6) is 5.75 Å². The second kappa shape index (κ2) is 6.46. The molecule has 0 spiro atoms. The van der Waals surface area contributed by atoms with Gasteiger partial charge in [-0.1, -0.05) is 12.8 Å². The third kappa shape index (κ3) is 3.36. The molecule has 1 aromatic carbocycles. The van der Waals surface area contributed by atoms with E-state index in [4.69, 9.17) is 4.74 Å². The third-order valence-corrected chi connectivity index (χ3v) is 4.90. The molecule has 0 aromatic heterocycles. The first-order valence-corrected chi connectivity index (χ1v) is 7.90. The van der Waals surface area contributed by atoms with Crippen LogP contribution in [0.4, 0.5) is 4.39 Å². The van der Waals surface area contributed by atoms with E-state index >= 15 is 0 Å². The topological polar surface area (TPSA) is 38.3 Å². The fraction of sp³-hybridized carbons (Fsp3) is 0.588. The van der Waals surface area contributed by atoms with Gasteiger partial charge in [0.15, 0.2) is 0 Å². The number of carbonyl (C=O) groups excluding carboxylic acids is 1. The summed E-state index contributed by atoms with van der Waals surface area (Å²) in [7, 11) is 0. The van der Waals surface area contributed by atoms with Crippen molar-refractivity contribution in [3.63, 3.8) is 0 Å². The molecule has 2 fully saturated rings. The van der Waals surface area contributed by atoms with Gasteiger partial charge in [0.1, 0.15) is 18.2 Å². The van der Waals surface area contributed by atoms with E-state index in [9.17, 15) is 9.18 Å². The fourth-order valence-corrected chi connectivity index (χ4v) is 3.89. The number of amides is 1. The van der Waals surface area contributed by atoms with Crippen LogP contribution in [0.25, 0.3) is 0 Å². The second-order valence-electron chi connectivity index (χ2n) is 6.13.